The summed E-state index contributed by atoms with van der Waals surface area (Å²) in [4.78, 5) is 18.1. The van der Waals surface area contributed by atoms with Crippen LogP contribution in [0.4, 0.5) is 0 Å². The number of carbonyl (C=O) groups is 1. The van der Waals surface area contributed by atoms with E-state index in [2.05, 4.69) is 22.1 Å². The number of carbonyl (C=O) groups excluding carboxylic acids is 1. The molecule has 0 saturated carbocycles. The van der Waals surface area contributed by atoms with Crippen molar-refractivity contribution in [3.63, 3.8) is 0 Å². The summed E-state index contributed by atoms with van der Waals surface area (Å²) in [6.45, 7) is 5.12. The highest BCUT2D eigenvalue weighted by Crippen LogP contribution is 2.16. The van der Waals surface area contributed by atoms with Crippen LogP contribution in [0, 0.1) is 0 Å². The Bertz CT molecular complexity index is 450. The van der Waals surface area contributed by atoms with E-state index in [0.717, 1.165) is 13.0 Å². The third-order valence-corrected chi connectivity index (χ3v) is 3.83. The smallest absolute Gasteiger partial charge is 0.252 e. The molecule has 0 radical (unpaired) electrons. The fourth-order valence-corrected chi connectivity index (χ4v) is 2.63. The molecule has 1 unspecified atom stereocenters. The van der Waals surface area contributed by atoms with Crippen LogP contribution < -0.4 is 5.32 Å². The van der Waals surface area contributed by atoms with Crippen LogP contribution in [-0.4, -0.2) is 46.6 Å². The molecule has 1 fully saturated rings. The molecule has 2 heterocycles. The van der Waals surface area contributed by atoms with E-state index in [4.69, 9.17) is 0 Å². The topological polar surface area (TPSA) is 65.5 Å². The Balaban J connectivity index is 1.69. The number of hydrogen-bond acceptors (Lipinski definition) is 4. The van der Waals surface area contributed by atoms with Gasteiger partial charge in [-0.2, -0.15) is 0 Å². The standard InChI is InChI=1S/C15H23N3O2/c1-12-5-2-3-7-18(12)8-4-6-17-15(20)13-9-14(19)11-16-10-13/h9-12,19H,2-8H2,1H3,(H,17,20). The van der Waals surface area contributed by atoms with Gasteiger partial charge < -0.3 is 15.3 Å². The Morgan fingerprint density at radius 1 is 1.50 bits per heavy atom. The first-order valence-corrected chi connectivity index (χ1v) is 7.33. The van der Waals surface area contributed by atoms with Crippen LogP contribution in [0.3, 0.4) is 0 Å². The van der Waals surface area contributed by atoms with Crippen LogP contribution in [-0.2, 0) is 0 Å². The maximum absolute atomic E-state index is 11.8. The molecule has 0 aromatic carbocycles. The second-order valence-electron chi connectivity index (χ2n) is 5.42. The van der Waals surface area contributed by atoms with Gasteiger partial charge in [-0.25, -0.2) is 0 Å². The lowest BCUT2D eigenvalue weighted by Crippen LogP contribution is -2.39. The summed E-state index contributed by atoms with van der Waals surface area (Å²) in [5.41, 5.74) is 0.399. The van der Waals surface area contributed by atoms with Crippen LogP contribution in [0.25, 0.3) is 0 Å². The van der Waals surface area contributed by atoms with E-state index in [9.17, 15) is 9.90 Å². The minimum absolute atomic E-state index is 0.0137. The quantitative estimate of drug-likeness (QED) is 0.805. The third kappa shape index (κ3) is 4.20. The van der Waals surface area contributed by atoms with Crippen molar-refractivity contribution in [2.24, 2.45) is 0 Å². The van der Waals surface area contributed by atoms with Gasteiger partial charge in [-0.3, -0.25) is 9.78 Å². The molecule has 0 spiro atoms. The zero-order valence-corrected chi connectivity index (χ0v) is 12.0. The lowest BCUT2D eigenvalue weighted by atomic mass is 10.0. The van der Waals surface area contributed by atoms with Crippen LogP contribution in [0.2, 0.25) is 0 Å². The summed E-state index contributed by atoms with van der Waals surface area (Å²) in [6, 6.07) is 2.09. The van der Waals surface area contributed by atoms with E-state index in [-0.39, 0.29) is 11.7 Å². The van der Waals surface area contributed by atoms with Gasteiger partial charge in [-0.15, -0.1) is 0 Å². The summed E-state index contributed by atoms with van der Waals surface area (Å²) in [6.07, 6.45) is 7.62. The number of nitrogens with zero attached hydrogens (tertiary/aromatic N) is 2. The van der Waals surface area contributed by atoms with E-state index < -0.39 is 0 Å². The van der Waals surface area contributed by atoms with Gasteiger partial charge in [-0.05, 0) is 38.8 Å². The van der Waals surface area contributed by atoms with E-state index in [1.807, 2.05) is 0 Å². The fraction of sp³-hybridized carbons (Fsp3) is 0.600. The third-order valence-electron chi connectivity index (χ3n) is 3.83. The predicted molar refractivity (Wildman–Crippen MR) is 77.7 cm³/mol. The highest BCUT2D eigenvalue weighted by molar-refractivity contribution is 5.94. The number of piperidine rings is 1. The molecule has 1 saturated heterocycles. The molecule has 1 aliphatic heterocycles. The SMILES string of the molecule is CC1CCCCN1CCCNC(=O)c1cncc(O)c1. The predicted octanol–water partition coefficient (Wildman–Crippen LogP) is 1.78. The Morgan fingerprint density at radius 3 is 3.10 bits per heavy atom. The Hall–Kier alpha value is -1.62. The molecule has 1 atom stereocenters. The summed E-state index contributed by atoms with van der Waals surface area (Å²) in [5.74, 6) is -0.167. The molecule has 5 heteroatoms. The van der Waals surface area contributed by atoms with E-state index in [0.29, 0.717) is 18.2 Å². The number of aromatic hydroxyl groups is 1. The lowest BCUT2D eigenvalue weighted by Gasteiger charge is -2.33. The van der Waals surface area contributed by atoms with Gasteiger partial charge in [0.25, 0.3) is 5.91 Å². The van der Waals surface area contributed by atoms with Gasteiger partial charge in [0.15, 0.2) is 0 Å². The number of hydrogen-bond donors (Lipinski definition) is 2. The van der Waals surface area contributed by atoms with E-state index in [1.165, 1.54) is 44.3 Å². The Labute approximate surface area is 120 Å². The molecular formula is C15H23N3O2. The van der Waals surface area contributed by atoms with Crippen molar-refractivity contribution < 1.29 is 9.90 Å². The molecule has 1 aliphatic rings. The first-order chi connectivity index (χ1) is 9.66. The molecule has 2 rings (SSSR count). The summed E-state index contributed by atoms with van der Waals surface area (Å²) in [5, 5.41) is 12.1. The van der Waals surface area contributed by atoms with Gasteiger partial charge >= 0.3 is 0 Å². The van der Waals surface area contributed by atoms with Crippen molar-refractivity contribution in [3.8, 4) is 5.75 Å². The highest BCUT2D eigenvalue weighted by Gasteiger charge is 2.17. The van der Waals surface area contributed by atoms with Gasteiger partial charge in [0.2, 0.25) is 0 Å². The zero-order chi connectivity index (χ0) is 14.4. The first-order valence-electron chi connectivity index (χ1n) is 7.33. The fourth-order valence-electron chi connectivity index (χ4n) is 2.63. The second-order valence-corrected chi connectivity index (χ2v) is 5.42. The number of amides is 1. The molecule has 1 aromatic heterocycles. The highest BCUT2D eigenvalue weighted by atomic mass is 16.3. The number of pyridine rings is 1. The molecule has 0 bridgehead atoms. The van der Waals surface area contributed by atoms with Crippen molar-refractivity contribution in [2.45, 2.75) is 38.6 Å². The number of likely N-dealkylation sites (tertiary alicyclic amines) is 1. The number of rotatable bonds is 5. The largest absolute Gasteiger partial charge is 0.506 e. The maximum atomic E-state index is 11.8. The monoisotopic (exact) mass is 277 g/mol. The van der Waals surface area contributed by atoms with Crippen LogP contribution in [0.5, 0.6) is 5.75 Å². The van der Waals surface area contributed by atoms with Gasteiger partial charge in [-0.1, -0.05) is 6.42 Å². The summed E-state index contributed by atoms with van der Waals surface area (Å²) >= 11 is 0. The average Bonchev–Trinajstić information content (AvgIpc) is 2.45. The van der Waals surface area contributed by atoms with Crippen molar-refractivity contribution in [1.82, 2.24) is 15.2 Å². The molecule has 0 aliphatic carbocycles. The normalized spacial score (nSPS) is 19.8. The van der Waals surface area contributed by atoms with Crippen molar-refractivity contribution in [1.29, 1.82) is 0 Å². The average molecular weight is 277 g/mol. The minimum Gasteiger partial charge on any atom is -0.506 e. The molecule has 110 valence electrons. The van der Waals surface area contributed by atoms with Gasteiger partial charge in [0, 0.05) is 25.3 Å². The van der Waals surface area contributed by atoms with E-state index >= 15 is 0 Å². The summed E-state index contributed by atoms with van der Waals surface area (Å²) in [7, 11) is 0. The van der Waals surface area contributed by atoms with E-state index in [1.54, 1.807) is 0 Å². The van der Waals surface area contributed by atoms with Crippen LogP contribution in [0.1, 0.15) is 43.0 Å². The second kappa shape index (κ2) is 7.24. The molecule has 20 heavy (non-hydrogen) atoms. The van der Waals surface area contributed by atoms with Gasteiger partial charge in [0.05, 0.1) is 11.8 Å². The molecule has 1 amide bonds. The summed E-state index contributed by atoms with van der Waals surface area (Å²) < 4.78 is 0. The van der Waals surface area contributed by atoms with Gasteiger partial charge in [0.1, 0.15) is 5.75 Å². The molecule has 2 N–H and O–H groups in total. The van der Waals surface area contributed by atoms with Crippen molar-refractivity contribution in [2.75, 3.05) is 19.6 Å². The van der Waals surface area contributed by atoms with Crippen molar-refractivity contribution in [3.05, 3.63) is 24.0 Å². The number of aromatic nitrogens is 1. The zero-order valence-electron chi connectivity index (χ0n) is 12.0. The number of nitrogens with one attached hydrogen (secondary N) is 1. The Kier molecular flexibility index (Phi) is 5.35. The first kappa shape index (κ1) is 14.8. The molecule has 5 nitrogen and oxygen atoms in total. The molecular weight excluding hydrogens is 254 g/mol. The minimum atomic E-state index is -0.180. The van der Waals surface area contributed by atoms with Crippen molar-refractivity contribution >= 4 is 5.91 Å². The lowest BCUT2D eigenvalue weighted by molar-refractivity contribution is 0.0948. The molecule has 1 aromatic rings. The van der Waals surface area contributed by atoms with Crippen LogP contribution >= 0.6 is 0 Å². The Morgan fingerprint density at radius 2 is 2.35 bits per heavy atom. The van der Waals surface area contributed by atoms with Crippen LogP contribution in [0.15, 0.2) is 18.5 Å². The maximum Gasteiger partial charge on any atom is 0.252 e.